The van der Waals surface area contributed by atoms with Crippen molar-refractivity contribution in [1.82, 2.24) is 65.2 Å². The maximum absolute atomic E-state index is 15.3. The Labute approximate surface area is 718 Å². The normalized spacial score (nSPS) is 47.0. The fourth-order valence-corrected chi connectivity index (χ4v) is 33.5. The van der Waals surface area contributed by atoms with Gasteiger partial charge in [0.15, 0.2) is 29.0 Å². The second-order valence-electron chi connectivity index (χ2n) is 45.0. The Kier molecular flexibility index (Phi) is 25.0. The van der Waals surface area contributed by atoms with Gasteiger partial charge in [0.05, 0.1) is 66.0 Å². The zero-order valence-electron chi connectivity index (χ0n) is 75.0. The Balaban J connectivity index is 0.000000115. The molecule has 35 atom stereocenters. The Morgan fingerprint density at radius 2 is 0.793 bits per heavy atom. The smallest absolute Gasteiger partial charge is 0.171 e. The van der Waals surface area contributed by atoms with Gasteiger partial charge in [0.25, 0.3) is 0 Å². The quantitative estimate of drug-likeness (QED) is 0.0763. The van der Waals surface area contributed by atoms with Gasteiger partial charge in [0.1, 0.15) is 32.4 Å². The van der Waals surface area contributed by atoms with Crippen LogP contribution in [0.1, 0.15) is 273 Å². The number of hydrogen-bond donors (Lipinski definition) is 4. The number of nitrogens with zero attached hydrogens (tertiary/aromatic N) is 13. The van der Waals surface area contributed by atoms with Crippen LogP contribution in [0.15, 0.2) is 37.2 Å². The van der Waals surface area contributed by atoms with E-state index >= 15 is 4.39 Å². The molecule has 16 saturated carbocycles. The summed E-state index contributed by atoms with van der Waals surface area (Å²) >= 11 is 0. The van der Waals surface area contributed by atoms with Gasteiger partial charge in [0, 0.05) is 56.9 Å². The maximum atomic E-state index is 15.3. The molecule has 0 unspecified atom stereocenters. The fourth-order valence-electron chi connectivity index (χ4n) is 33.5. The lowest BCUT2D eigenvalue weighted by Crippen LogP contribution is -2.55. The first-order valence-corrected chi connectivity index (χ1v) is 48.3. The average Bonchev–Trinajstić information content (AvgIpc) is 1.67. The molecule has 0 bridgehead atoms. The van der Waals surface area contributed by atoms with Crippen LogP contribution in [0.5, 0.6) is 0 Å². The van der Waals surface area contributed by atoms with Crippen molar-refractivity contribution in [2.45, 2.75) is 341 Å². The molecule has 0 radical (unpaired) electrons. The minimum atomic E-state index is -0.805. The molecule has 4 heterocycles. The molecule has 0 saturated heterocycles. The number of aromatic nitrogens is 13. The molecule has 121 heavy (non-hydrogen) atoms. The second-order valence-corrected chi connectivity index (χ2v) is 45.0. The van der Waals surface area contributed by atoms with Crippen LogP contribution in [0.4, 0.5) is 4.39 Å². The summed E-state index contributed by atoms with van der Waals surface area (Å²) in [6.45, 7) is 21.5. The number of ether oxygens (including phenoxy) is 3. The number of methoxy groups -OCH3 is 2. The third-order valence-electron chi connectivity index (χ3n) is 38.8. The van der Waals surface area contributed by atoms with Crippen molar-refractivity contribution in [2.24, 2.45) is 164 Å². The van der Waals surface area contributed by atoms with Crippen LogP contribution in [-0.2, 0) is 59.6 Å². The third kappa shape index (κ3) is 16.8. The van der Waals surface area contributed by atoms with Crippen molar-refractivity contribution >= 4 is 23.1 Å². The number of halogens is 1. The summed E-state index contributed by atoms with van der Waals surface area (Å²) in [6, 6.07) is 0. The van der Waals surface area contributed by atoms with E-state index in [-0.39, 0.29) is 81.6 Å². The number of aryl methyl sites for hydroxylation is 1. The average molecular weight is 1680 g/mol. The number of alkyl halides is 1. The van der Waals surface area contributed by atoms with Crippen LogP contribution < -0.4 is 0 Å². The van der Waals surface area contributed by atoms with Crippen molar-refractivity contribution < 1.29 is 58.2 Å². The van der Waals surface area contributed by atoms with E-state index in [1.807, 2.05) is 41.9 Å². The summed E-state index contributed by atoms with van der Waals surface area (Å²) in [6.07, 6.45) is 44.0. The topological polar surface area (TPSA) is 313 Å². The minimum Gasteiger partial charge on any atom is -0.390 e. The summed E-state index contributed by atoms with van der Waals surface area (Å²) in [4.78, 5) is 55.8. The molecule has 16 aliphatic rings. The van der Waals surface area contributed by atoms with Gasteiger partial charge in [-0.2, -0.15) is 19.8 Å². The van der Waals surface area contributed by atoms with Crippen molar-refractivity contribution in [3.8, 4) is 0 Å². The Hall–Kier alpha value is -5.18. The maximum Gasteiger partial charge on any atom is 0.171 e. The minimum absolute atomic E-state index is 0.00838. The van der Waals surface area contributed by atoms with Crippen LogP contribution in [-0.4, -0.2) is 177 Å². The molecule has 0 amide bonds. The standard InChI is InChI=1S/C25H40N4O3.2C24H37N3O3.C23H34FN3O2/c1-4-32-15-25(31)12-10-18-17(13-25)5-6-20-19(18)9-11-24(3)21(20)7-8-22(24)23(30)14-29-27-16(2)26-28-29;1-23(29)8-6-16-15-7-9-24(2)19(17(15)12-22(30-3)18(16)13-23)4-5-20(24)21(28)14-27-11-10-25-26-27;1-23(29)8-6-16-15-7-9-24(2)19(17(15)12-22(30-3)18(16)13-23)4-5-20(24)21(28)14-27-25-10-11-26-27;1-22(29)7-5-15-14-6-8-23(2)18(16(14)11-20(24)17(15)12-22)3-4-19(23)21(28)13-27-10-9-25-26-27/h17-22,31H,4-15H2,1-3H3;2*10-11,15-20,22,29H,4-9,12-14H2,1-3H3;9-10,14-20,29H,3-8,11-13H2,1-2H3/t17-,18+,19-,20-,21+,22-,24+,25-;2*15-,16-,17-,18-,19+,20-,22-,23-,24+;14-,15-,16-,17-,18+,19-,20-,22-,23+/m1111/s1. The van der Waals surface area contributed by atoms with E-state index in [0.29, 0.717) is 146 Å². The zero-order valence-corrected chi connectivity index (χ0v) is 75.0. The number of tetrazole rings is 1. The molecule has 4 aromatic heterocycles. The van der Waals surface area contributed by atoms with Gasteiger partial charge >= 0.3 is 0 Å². The molecule has 16 aliphatic carbocycles. The molecule has 4 N–H and O–H groups in total. The van der Waals surface area contributed by atoms with E-state index < -0.39 is 28.6 Å². The Morgan fingerprint density at radius 1 is 0.413 bits per heavy atom. The highest BCUT2D eigenvalue weighted by Crippen LogP contribution is 2.70. The summed E-state index contributed by atoms with van der Waals surface area (Å²) < 4.78 is 36.3. The van der Waals surface area contributed by atoms with Crippen molar-refractivity contribution in [2.75, 3.05) is 27.4 Å². The van der Waals surface area contributed by atoms with Gasteiger partial charge < -0.3 is 34.6 Å². The lowest BCUT2D eigenvalue weighted by Gasteiger charge is -2.58. The summed E-state index contributed by atoms with van der Waals surface area (Å²) in [7, 11) is 3.71. The van der Waals surface area contributed by atoms with Crippen molar-refractivity contribution in [1.29, 1.82) is 0 Å². The van der Waals surface area contributed by atoms with E-state index in [9.17, 15) is 39.6 Å². The highest BCUT2D eigenvalue weighted by Gasteiger charge is 2.66. The van der Waals surface area contributed by atoms with E-state index in [1.165, 1.54) is 48.1 Å². The highest BCUT2D eigenvalue weighted by molar-refractivity contribution is 5.83. The Morgan fingerprint density at radius 3 is 1.21 bits per heavy atom. The van der Waals surface area contributed by atoms with Crippen LogP contribution in [0.25, 0.3) is 0 Å². The third-order valence-corrected chi connectivity index (χ3v) is 38.8. The van der Waals surface area contributed by atoms with Gasteiger partial charge in [-0.25, -0.2) is 13.8 Å². The lowest BCUT2D eigenvalue weighted by molar-refractivity contribution is -0.155. The number of ketones is 4. The zero-order chi connectivity index (χ0) is 85.1. The molecule has 4 aromatic rings. The monoisotopic (exact) mass is 1680 g/mol. The van der Waals surface area contributed by atoms with Gasteiger partial charge in [-0.3, -0.25) is 19.2 Å². The van der Waals surface area contributed by atoms with Crippen molar-refractivity contribution in [3.63, 3.8) is 0 Å². The molecule has 0 spiro atoms. The summed E-state index contributed by atoms with van der Waals surface area (Å²) in [5.41, 5.74) is -2.10. The van der Waals surface area contributed by atoms with Gasteiger partial charge in [-0.15, -0.1) is 20.4 Å². The predicted octanol–water partition coefficient (Wildman–Crippen LogP) is 14.4. The van der Waals surface area contributed by atoms with E-state index in [0.717, 1.165) is 190 Å². The summed E-state index contributed by atoms with van der Waals surface area (Å²) in [5, 5.41) is 79.1. The molecule has 0 aliphatic heterocycles. The second kappa shape index (κ2) is 34.4. The van der Waals surface area contributed by atoms with E-state index in [2.05, 4.69) is 73.9 Å². The summed E-state index contributed by atoms with van der Waals surface area (Å²) in [5.74, 6) is 14.0. The number of Topliss-reactive ketones (excluding diaryl/α,β-unsaturated/α-hetero) is 4. The SMILES string of the molecule is CCOC[C@@]1(O)CC[C@H]2[C@H](CC[C@@H]3[C@@H]2CC[C@]2(C)[C@@H](C(=O)Cn4nnc(C)n4)CC[C@@H]32)C1.CO[C@@H]1C[C@@H]2[C@H](CC[C@]3(C)[C@@H](C(=O)Cn4ccnn4)CC[C@@H]23)[C@H]2CC[C@@](C)(O)C[C@H]21.CO[C@@H]1C[C@@H]2[C@H](CC[C@]3(C)[C@@H](C(=O)Cn4nccn4)CC[C@@H]23)[C@H]2CC[C@@](C)(O)C[C@H]21.C[C@@]1(O)CC[C@@H]2[C@H]3CC[C@]4(C)[C@@H](C(=O)Cn5ccnn5)CC[C@H]4[C@@H]3C[C@@H](F)[C@@H]2C1. The molecule has 24 nitrogen and oxygen atoms in total. The molecule has 25 heteroatoms. The lowest BCUT2D eigenvalue weighted by atomic mass is 9.48. The van der Waals surface area contributed by atoms with Crippen LogP contribution >= 0.6 is 0 Å². The first kappa shape index (κ1) is 87.9. The molecular formula is C96H148FN13O11. The first-order valence-electron chi connectivity index (χ1n) is 48.3. The molecule has 16 fully saturated rings. The number of carbonyl (C=O) groups is 4. The molecular weight excluding hydrogens is 1530 g/mol. The number of fused-ring (bicyclic) bond motifs is 20. The van der Waals surface area contributed by atoms with Gasteiger partial charge in [-0.05, 0) is 392 Å². The van der Waals surface area contributed by atoms with Crippen LogP contribution in [0.3, 0.4) is 0 Å². The van der Waals surface area contributed by atoms with Crippen LogP contribution in [0.2, 0.25) is 0 Å². The molecule has 670 valence electrons. The number of aliphatic hydroxyl groups is 4. The number of hydrogen-bond acceptors (Lipinski definition) is 20. The molecule has 0 aromatic carbocycles. The van der Waals surface area contributed by atoms with E-state index in [4.69, 9.17) is 14.2 Å². The first-order chi connectivity index (χ1) is 57.8. The van der Waals surface area contributed by atoms with E-state index in [1.54, 1.807) is 53.5 Å². The Bertz CT molecular complexity index is 4090. The van der Waals surface area contributed by atoms with Gasteiger partial charge in [0.2, 0.25) is 0 Å². The number of carbonyl (C=O) groups excluding carboxylic acids is 4. The van der Waals surface area contributed by atoms with Crippen LogP contribution in [0, 0.1) is 171 Å². The van der Waals surface area contributed by atoms with Gasteiger partial charge in [-0.1, -0.05) is 38.1 Å². The fraction of sp³-hybridized carbons (Fsp3) is 0.885. The van der Waals surface area contributed by atoms with Crippen molar-refractivity contribution in [3.05, 3.63) is 43.0 Å². The largest absolute Gasteiger partial charge is 0.390 e. The number of rotatable bonds is 17. The molecule has 20 rings (SSSR count). The predicted molar refractivity (Wildman–Crippen MR) is 451 cm³/mol. The highest BCUT2D eigenvalue weighted by atomic mass is 19.1.